The van der Waals surface area contributed by atoms with Gasteiger partial charge in [-0.25, -0.2) is 4.39 Å². The Labute approximate surface area is 122 Å². The number of rotatable bonds is 3. The number of aliphatic hydroxyl groups is 1. The van der Waals surface area contributed by atoms with Crippen molar-refractivity contribution < 1.29 is 9.50 Å². The average Bonchev–Trinajstić information content (AvgIpc) is 2.76. The van der Waals surface area contributed by atoms with E-state index in [-0.39, 0.29) is 5.82 Å². The molecule has 1 heterocycles. The highest BCUT2D eigenvalue weighted by molar-refractivity contribution is 5.82. The van der Waals surface area contributed by atoms with E-state index in [9.17, 15) is 9.50 Å². The molecule has 108 valence electrons. The smallest absolute Gasteiger partial charge is 0.123 e. The van der Waals surface area contributed by atoms with Crippen molar-refractivity contribution >= 4 is 10.9 Å². The molecule has 3 rings (SSSR count). The van der Waals surface area contributed by atoms with Crippen LogP contribution in [0.5, 0.6) is 0 Å². The molecule has 1 aromatic heterocycles. The Kier molecular flexibility index (Phi) is 3.26. The number of hydrogen-bond donors (Lipinski definition) is 1. The van der Waals surface area contributed by atoms with Gasteiger partial charge in [-0.2, -0.15) is 5.10 Å². The third kappa shape index (κ3) is 2.54. The van der Waals surface area contributed by atoms with Gasteiger partial charge in [0.05, 0.1) is 16.8 Å². The van der Waals surface area contributed by atoms with Gasteiger partial charge in [-0.05, 0) is 30.7 Å². The molecule has 0 aliphatic rings. The molecule has 0 radical (unpaired) electrons. The standard InChI is InChI=1S/C17H17FN2O/c1-17(21,12-7-9-13(18)10-8-12)11-15-14-5-3-4-6-16(14)20(2)19-15/h3-10,21H,11H2,1-2H3. The van der Waals surface area contributed by atoms with Crippen LogP contribution < -0.4 is 0 Å². The number of aromatic nitrogens is 2. The molecule has 2 aromatic carbocycles. The molecule has 1 N–H and O–H groups in total. The summed E-state index contributed by atoms with van der Waals surface area (Å²) in [5.41, 5.74) is 1.45. The third-order valence-electron chi connectivity index (χ3n) is 3.81. The first kappa shape index (κ1) is 13.8. The van der Waals surface area contributed by atoms with E-state index < -0.39 is 5.60 Å². The summed E-state index contributed by atoms with van der Waals surface area (Å²) < 4.78 is 14.8. The maximum Gasteiger partial charge on any atom is 0.123 e. The molecule has 0 saturated carbocycles. The van der Waals surface area contributed by atoms with E-state index in [0.717, 1.165) is 16.6 Å². The Balaban J connectivity index is 1.99. The van der Waals surface area contributed by atoms with Gasteiger partial charge in [-0.3, -0.25) is 4.68 Å². The van der Waals surface area contributed by atoms with Crippen LogP contribution in [0.3, 0.4) is 0 Å². The predicted octanol–water partition coefficient (Wildman–Crippen LogP) is 3.16. The van der Waals surface area contributed by atoms with E-state index >= 15 is 0 Å². The fourth-order valence-electron chi connectivity index (χ4n) is 2.66. The zero-order valence-electron chi connectivity index (χ0n) is 12.0. The van der Waals surface area contributed by atoms with Crippen LogP contribution in [0, 0.1) is 5.82 Å². The zero-order chi connectivity index (χ0) is 15.0. The van der Waals surface area contributed by atoms with Crippen molar-refractivity contribution in [1.29, 1.82) is 0 Å². The maximum atomic E-state index is 13.0. The number of para-hydroxylation sites is 1. The van der Waals surface area contributed by atoms with E-state index in [4.69, 9.17) is 0 Å². The minimum absolute atomic E-state index is 0.308. The van der Waals surface area contributed by atoms with E-state index in [1.165, 1.54) is 12.1 Å². The van der Waals surface area contributed by atoms with Crippen LogP contribution in [0.1, 0.15) is 18.2 Å². The van der Waals surface area contributed by atoms with Crippen molar-refractivity contribution in [3.05, 3.63) is 65.6 Å². The van der Waals surface area contributed by atoms with Crippen LogP contribution in [0.2, 0.25) is 0 Å². The lowest BCUT2D eigenvalue weighted by molar-refractivity contribution is 0.0567. The maximum absolute atomic E-state index is 13.0. The molecule has 0 spiro atoms. The van der Waals surface area contributed by atoms with Gasteiger partial charge in [0.2, 0.25) is 0 Å². The van der Waals surface area contributed by atoms with Crippen LogP contribution in [-0.2, 0) is 19.1 Å². The van der Waals surface area contributed by atoms with Crippen molar-refractivity contribution in [2.24, 2.45) is 7.05 Å². The Morgan fingerprint density at radius 1 is 1.14 bits per heavy atom. The molecule has 0 bridgehead atoms. The molecule has 0 amide bonds. The second kappa shape index (κ2) is 4.97. The SMILES string of the molecule is Cn1nc(CC(C)(O)c2ccc(F)cc2)c2ccccc21. The van der Waals surface area contributed by atoms with E-state index in [1.807, 2.05) is 36.0 Å². The van der Waals surface area contributed by atoms with Gasteiger partial charge in [0.25, 0.3) is 0 Å². The van der Waals surface area contributed by atoms with Gasteiger partial charge in [0.15, 0.2) is 0 Å². The minimum Gasteiger partial charge on any atom is -0.385 e. The number of hydrogen-bond acceptors (Lipinski definition) is 2. The quantitative estimate of drug-likeness (QED) is 0.802. The fraction of sp³-hybridized carbons (Fsp3) is 0.235. The molecule has 0 fully saturated rings. The van der Waals surface area contributed by atoms with Crippen LogP contribution in [0.4, 0.5) is 4.39 Å². The van der Waals surface area contributed by atoms with Gasteiger partial charge in [0.1, 0.15) is 5.82 Å². The summed E-state index contributed by atoms with van der Waals surface area (Å²) in [4.78, 5) is 0. The lowest BCUT2D eigenvalue weighted by Crippen LogP contribution is -2.24. The molecule has 1 atom stereocenters. The minimum atomic E-state index is -1.09. The average molecular weight is 284 g/mol. The molecule has 4 heteroatoms. The monoisotopic (exact) mass is 284 g/mol. The highest BCUT2D eigenvalue weighted by Gasteiger charge is 2.26. The van der Waals surface area contributed by atoms with Crippen molar-refractivity contribution in [2.45, 2.75) is 18.9 Å². The largest absolute Gasteiger partial charge is 0.385 e. The topological polar surface area (TPSA) is 38.0 Å². The lowest BCUT2D eigenvalue weighted by Gasteiger charge is -2.23. The summed E-state index contributed by atoms with van der Waals surface area (Å²) in [5.74, 6) is -0.308. The van der Waals surface area contributed by atoms with Gasteiger partial charge in [-0.15, -0.1) is 0 Å². The molecule has 1 unspecified atom stereocenters. The lowest BCUT2D eigenvalue weighted by atomic mass is 9.90. The molecular weight excluding hydrogens is 267 g/mol. The normalized spacial score (nSPS) is 14.3. The summed E-state index contributed by atoms with van der Waals surface area (Å²) in [6, 6.07) is 13.9. The first-order valence-electron chi connectivity index (χ1n) is 6.86. The molecule has 21 heavy (non-hydrogen) atoms. The fourth-order valence-corrected chi connectivity index (χ4v) is 2.66. The van der Waals surface area contributed by atoms with Crippen molar-refractivity contribution in [1.82, 2.24) is 9.78 Å². The zero-order valence-corrected chi connectivity index (χ0v) is 12.0. The summed E-state index contributed by atoms with van der Waals surface area (Å²) in [7, 11) is 1.89. The Morgan fingerprint density at radius 2 is 1.81 bits per heavy atom. The summed E-state index contributed by atoms with van der Waals surface area (Å²) in [5, 5.41) is 16.3. The number of benzene rings is 2. The van der Waals surface area contributed by atoms with Crippen molar-refractivity contribution in [3.63, 3.8) is 0 Å². The number of aryl methyl sites for hydroxylation is 1. The van der Waals surface area contributed by atoms with E-state index in [1.54, 1.807) is 19.1 Å². The van der Waals surface area contributed by atoms with Crippen molar-refractivity contribution in [2.75, 3.05) is 0 Å². The molecule has 3 aromatic rings. The Morgan fingerprint density at radius 3 is 2.52 bits per heavy atom. The molecule has 3 nitrogen and oxygen atoms in total. The number of nitrogens with zero attached hydrogens (tertiary/aromatic N) is 2. The molecule has 0 aliphatic carbocycles. The summed E-state index contributed by atoms with van der Waals surface area (Å²) in [6.07, 6.45) is 0.375. The van der Waals surface area contributed by atoms with Crippen LogP contribution >= 0.6 is 0 Å². The molecule has 0 aliphatic heterocycles. The molecular formula is C17H17FN2O. The van der Waals surface area contributed by atoms with Crippen LogP contribution in [-0.4, -0.2) is 14.9 Å². The summed E-state index contributed by atoms with van der Waals surface area (Å²) >= 11 is 0. The first-order valence-corrected chi connectivity index (χ1v) is 6.86. The number of fused-ring (bicyclic) bond motifs is 1. The third-order valence-corrected chi connectivity index (χ3v) is 3.81. The van der Waals surface area contributed by atoms with E-state index in [2.05, 4.69) is 5.10 Å². The van der Waals surface area contributed by atoms with E-state index in [0.29, 0.717) is 12.0 Å². The van der Waals surface area contributed by atoms with Gasteiger partial charge < -0.3 is 5.11 Å². The highest BCUT2D eigenvalue weighted by Crippen LogP contribution is 2.28. The molecule has 0 saturated heterocycles. The summed E-state index contributed by atoms with van der Waals surface area (Å²) in [6.45, 7) is 1.73. The van der Waals surface area contributed by atoms with Crippen LogP contribution in [0.25, 0.3) is 10.9 Å². The van der Waals surface area contributed by atoms with Gasteiger partial charge >= 0.3 is 0 Å². The number of halogens is 1. The van der Waals surface area contributed by atoms with Gasteiger partial charge in [0, 0.05) is 18.9 Å². The Hall–Kier alpha value is -2.20. The Bertz CT molecular complexity index is 775. The first-order chi connectivity index (χ1) is 9.97. The predicted molar refractivity (Wildman–Crippen MR) is 80.4 cm³/mol. The van der Waals surface area contributed by atoms with Crippen molar-refractivity contribution in [3.8, 4) is 0 Å². The second-order valence-electron chi connectivity index (χ2n) is 5.54. The highest BCUT2D eigenvalue weighted by atomic mass is 19.1. The van der Waals surface area contributed by atoms with Crippen LogP contribution in [0.15, 0.2) is 48.5 Å². The second-order valence-corrected chi connectivity index (χ2v) is 5.54. The van der Waals surface area contributed by atoms with Gasteiger partial charge in [-0.1, -0.05) is 30.3 Å².